The lowest BCUT2D eigenvalue weighted by atomic mass is 10.1. The van der Waals surface area contributed by atoms with Crippen LogP contribution in [0.15, 0.2) is 48.5 Å². The molecule has 118 valence electrons. The summed E-state index contributed by atoms with van der Waals surface area (Å²) in [5.41, 5.74) is 3.47. The summed E-state index contributed by atoms with van der Waals surface area (Å²) in [6.07, 6.45) is -0.166. The minimum atomic E-state index is -0.987. The highest BCUT2D eigenvalue weighted by molar-refractivity contribution is 6.04. The number of amides is 2. The van der Waals surface area contributed by atoms with E-state index in [4.69, 9.17) is 5.11 Å². The predicted molar refractivity (Wildman–Crippen MR) is 87.9 cm³/mol. The Labute approximate surface area is 134 Å². The zero-order valence-corrected chi connectivity index (χ0v) is 12.7. The van der Waals surface area contributed by atoms with E-state index in [0.29, 0.717) is 5.56 Å². The maximum absolute atomic E-state index is 12.2. The molecular formula is C18H18N2O3. The molecule has 23 heavy (non-hydrogen) atoms. The number of anilines is 1. The largest absolute Gasteiger partial charge is 0.465 e. The van der Waals surface area contributed by atoms with E-state index >= 15 is 0 Å². The molecule has 2 atom stereocenters. The first-order chi connectivity index (χ1) is 11.0. The van der Waals surface area contributed by atoms with Crippen molar-refractivity contribution < 1.29 is 14.7 Å². The van der Waals surface area contributed by atoms with Crippen molar-refractivity contribution in [1.29, 1.82) is 0 Å². The van der Waals surface area contributed by atoms with Gasteiger partial charge in [0.05, 0.1) is 0 Å². The first-order valence-electron chi connectivity index (χ1n) is 7.50. The van der Waals surface area contributed by atoms with Crippen LogP contribution in [0.25, 0.3) is 0 Å². The molecule has 2 aromatic carbocycles. The SMILES string of the molecule is Cc1cccc(C(=O)Nc2ccc(C3CC3NC(=O)O)cc2)c1. The number of nitrogens with one attached hydrogen (secondary N) is 2. The highest BCUT2D eigenvalue weighted by atomic mass is 16.4. The van der Waals surface area contributed by atoms with Crippen LogP contribution in [0.1, 0.15) is 33.8 Å². The fourth-order valence-electron chi connectivity index (χ4n) is 2.68. The monoisotopic (exact) mass is 310 g/mol. The summed E-state index contributed by atoms with van der Waals surface area (Å²) in [7, 11) is 0. The third-order valence-corrected chi connectivity index (χ3v) is 3.98. The van der Waals surface area contributed by atoms with Crippen LogP contribution in [-0.2, 0) is 0 Å². The predicted octanol–water partition coefficient (Wildman–Crippen LogP) is 3.37. The van der Waals surface area contributed by atoms with Gasteiger partial charge in [0, 0.05) is 23.2 Å². The summed E-state index contributed by atoms with van der Waals surface area (Å²) in [5.74, 6) is 0.0888. The summed E-state index contributed by atoms with van der Waals surface area (Å²) in [6, 6.07) is 15.0. The molecule has 0 spiro atoms. The summed E-state index contributed by atoms with van der Waals surface area (Å²) in [6.45, 7) is 1.95. The Morgan fingerprint density at radius 1 is 1.13 bits per heavy atom. The average Bonchev–Trinajstić information content (AvgIpc) is 3.26. The van der Waals surface area contributed by atoms with Crippen molar-refractivity contribution in [3.63, 3.8) is 0 Å². The van der Waals surface area contributed by atoms with Crippen LogP contribution in [0.2, 0.25) is 0 Å². The van der Waals surface area contributed by atoms with Gasteiger partial charge in [-0.05, 0) is 43.2 Å². The standard InChI is InChI=1S/C18H18N2O3/c1-11-3-2-4-13(9-11)17(21)19-14-7-5-12(6-8-14)15-10-16(15)20-18(22)23/h2-9,15-16,20H,10H2,1H3,(H,19,21)(H,22,23). The summed E-state index contributed by atoms with van der Waals surface area (Å²) in [4.78, 5) is 22.8. The fourth-order valence-corrected chi connectivity index (χ4v) is 2.68. The van der Waals surface area contributed by atoms with E-state index < -0.39 is 6.09 Å². The molecule has 5 nitrogen and oxygen atoms in total. The van der Waals surface area contributed by atoms with Gasteiger partial charge in [-0.3, -0.25) is 4.79 Å². The molecule has 0 radical (unpaired) electrons. The number of carboxylic acid groups (broad SMARTS) is 1. The smallest absolute Gasteiger partial charge is 0.404 e. The van der Waals surface area contributed by atoms with E-state index in [1.807, 2.05) is 49.4 Å². The molecule has 0 saturated heterocycles. The molecule has 5 heteroatoms. The van der Waals surface area contributed by atoms with Crippen LogP contribution >= 0.6 is 0 Å². The number of carbonyl (C=O) groups is 2. The zero-order chi connectivity index (χ0) is 16.4. The molecule has 1 fully saturated rings. The molecule has 3 N–H and O–H groups in total. The van der Waals surface area contributed by atoms with Crippen LogP contribution in [0.3, 0.4) is 0 Å². The summed E-state index contributed by atoms with van der Waals surface area (Å²) >= 11 is 0. The van der Waals surface area contributed by atoms with Gasteiger partial charge in [0.2, 0.25) is 0 Å². The van der Waals surface area contributed by atoms with E-state index in [0.717, 1.165) is 23.2 Å². The lowest BCUT2D eigenvalue weighted by molar-refractivity contribution is 0.102. The minimum Gasteiger partial charge on any atom is -0.465 e. The Morgan fingerprint density at radius 2 is 1.87 bits per heavy atom. The van der Waals surface area contributed by atoms with Crippen molar-refractivity contribution in [2.45, 2.75) is 25.3 Å². The number of benzene rings is 2. The van der Waals surface area contributed by atoms with E-state index in [2.05, 4.69) is 10.6 Å². The summed E-state index contributed by atoms with van der Waals surface area (Å²) in [5, 5.41) is 14.1. The molecular weight excluding hydrogens is 292 g/mol. The second kappa shape index (κ2) is 6.12. The van der Waals surface area contributed by atoms with Crippen molar-refractivity contribution in [2.24, 2.45) is 0 Å². The van der Waals surface area contributed by atoms with Gasteiger partial charge in [0.1, 0.15) is 0 Å². The van der Waals surface area contributed by atoms with E-state index in [-0.39, 0.29) is 17.9 Å². The molecule has 2 aromatic rings. The molecule has 0 bridgehead atoms. The number of rotatable bonds is 4. The second-order valence-electron chi connectivity index (χ2n) is 5.84. The molecule has 0 aromatic heterocycles. The highest BCUT2D eigenvalue weighted by Gasteiger charge is 2.39. The van der Waals surface area contributed by atoms with Gasteiger partial charge >= 0.3 is 6.09 Å². The fraction of sp³-hybridized carbons (Fsp3) is 0.222. The molecule has 1 aliphatic rings. The van der Waals surface area contributed by atoms with Gasteiger partial charge in [-0.1, -0.05) is 29.8 Å². The maximum atomic E-state index is 12.2. The van der Waals surface area contributed by atoms with Crippen molar-refractivity contribution in [1.82, 2.24) is 5.32 Å². The molecule has 0 aliphatic heterocycles. The summed E-state index contributed by atoms with van der Waals surface area (Å²) < 4.78 is 0. The molecule has 2 amide bonds. The Balaban J connectivity index is 1.62. The van der Waals surface area contributed by atoms with Crippen molar-refractivity contribution in [2.75, 3.05) is 5.32 Å². The average molecular weight is 310 g/mol. The van der Waals surface area contributed by atoms with Crippen molar-refractivity contribution in [3.05, 3.63) is 65.2 Å². The van der Waals surface area contributed by atoms with E-state index in [1.165, 1.54) is 0 Å². The number of hydrogen-bond donors (Lipinski definition) is 3. The third kappa shape index (κ3) is 3.69. The van der Waals surface area contributed by atoms with Gasteiger partial charge in [0.15, 0.2) is 0 Å². The van der Waals surface area contributed by atoms with Crippen LogP contribution in [0.4, 0.5) is 10.5 Å². The Hall–Kier alpha value is -2.82. The molecule has 2 unspecified atom stereocenters. The molecule has 0 heterocycles. The van der Waals surface area contributed by atoms with Crippen LogP contribution in [0.5, 0.6) is 0 Å². The van der Waals surface area contributed by atoms with Crippen LogP contribution in [0, 0.1) is 6.92 Å². The van der Waals surface area contributed by atoms with Gasteiger partial charge < -0.3 is 15.7 Å². The van der Waals surface area contributed by atoms with E-state index in [1.54, 1.807) is 6.07 Å². The van der Waals surface area contributed by atoms with E-state index in [9.17, 15) is 9.59 Å². The van der Waals surface area contributed by atoms with Crippen LogP contribution in [-0.4, -0.2) is 23.1 Å². The lowest BCUT2D eigenvalue weighted by Crippen LogP contribution is -2.24. The number of carbonyl (C=O) groups excluding carboxylic acids is 1. The lowest BCUT2D eigenvalue weighted by Gasteiger charge is -2.07. The first-order valence-corrected chi connectivity index (χ1v) is 7.50. The Morgan fingerprint density at radius 3 is 2.52 bits per heavy atom. The zero-order valence-electron chi connectivity index (χ0n) is 12.7. The minimum absolute atomic E-state index is 0.000218. The normalized spacial score (nSPS) is 19.0. The Bertz CT molecular complexity index is 740. The number of hydrogen-bond acceptors (Lipinski definition) is 2. The molecule has 1 aliphatic carbocycles. The molecule has 3 rings (SSSR count). The third-order valence-electron chi connectivity index (χ3n) is 3.98. The first kappa shape index (κ1) is 15.1. The maximum Gasteiger partial charge on any atom is 0.404 e. The number of aryl methyl sites for hydroxylation is 1. The topological polar surface area (TPSA) is 78.4 Å². The highest BCUT2D eigenvalue weighted by Crippen LogP contribution is 2.40. The molecule has 1 saturated carbocycles. The second-order valence-corrected chi connectivity index (χ2v) is 5.84. The van der Waals surface area contributed by atoms with Gasteiger partial charge in [0.25, 0.3) is 5.91 Å². The van der Waals surface area contributed by atoms with Gasteiger partial charge in [-0.15, -0.1) is 0 Å². The van der Waals surface area contributed by atoms with Crippen LogP contribution < -0.4 is 10.6 Å². The van der Waals surface area contributed by atoms with Gasteiger partial charge in [-0.25, -0.2) is 4.79 Å². The van der Waals surface area contributed by atoms with Gasteiger partial charge in [-0.2, -0.15) is 0 Å². The van der Waals surface area contributed by atoms with Crippen molar-refractivity contribution in [3.8, 4) is 0 Å². The quantitative estimate of drug-likeness (QED) is 0.810. The van der Waals surface area contributed by atoms with Crippen molar-refractivity contribution >= 4 is 17.7 Å². The Kier molecular flexibility index (Phi) is 4.02.